The number of methoxy groups -OCH3 is 2. The van der Waals surface area contributed by atoms with Gasteiger partial charge in [-0.15, -0.1) is 6.58 Å². The molecule has 3 aliphatic heterocycles. The Bertz CT molecular complexity index is 2770. The lowest BCUT2D eigenvalue weighted by atomic mass is 9.65. The summed E-state index contributed by atoms with van der Waals surface area (Å²) in [6.45, 7) is 6.92. The number of rotatable bonds is 13. The van der Waals surface area contributed by atoms with Crippen LogP contribution < -0.4 is 25.0 Å². The summed E-state index contributed by atoms with van der Waals surface area (Å²) in [5.74, 6) is 2.35. The van der Waals surface area contributed by atoms with Crippen molar-refractivity contribution >= 4 is 35.5 Å². The number of nitrogens with one attached hydrogen (secondary N) is 2. The van der Waals surface area contributed by atoms with Crippen LogP contribution >= 0.6 is 0 Å². The van der Waals surface area contributed by atoms with E-state index in [4.69, 9.17) is 18.9 Å². The first-order valence-corrected chi connectivity index (χ1v) is 22.3. The van der Waals surface area contributed by atoms with Gasteiger partial charge in [0, 0.05) is 17.7 Å². The van der Waals surface area contributed by atoms with E-state index < -0.39 is 77.3 Å². The minimum atomic E-state index is -2.10. The highest BCUT2D eigenvalue weighted by molar-refractivity contribution is 6.25. The highest BCUT2D eigenvalue weighted by Crippen LogP contribution is 2.66. The van der Waals surface area contributed by atoms with E-state index in [1.807, 2.05) is 65.6 Å². The zero-order chi connectivity index (χ0) is 48.1. The molecule has 68 heavy (non-hydrogen) atoms. The maximum absolute atomic E-state index is 16.5. The number of carbonyl (C=O) groups excluding carboxylic acids is 5. The van der Waals surface area contributed by atoms with Gasteiger partial charge in [-0.1, -0.05) is 105 Å². The third kappa shape index (κ3) is 8.46. The molecular weight excluding hydrogens is 865 g/mol. The summed E-state index contributed by atoms with van der Waals surface area (Å²) in [6, 6.07) is 32.1. The summed E-state index contributed by atoms with van der Waals surface area (Å²) >= 11 is 0. The Morgan fingerprint density at radius 2 is 1.49 bits per heavy atom. The van der Waals surface area contributed by atoms with Gasteiger partial charge in [0.15, 0.2) is 0 Å². The van der Waals surface area contributed by atoms with Gasteiger partial charge in [0.25, 0.3) is 0 Å². The molecule has 5 aromatic carbocycles. The first-order valence-electron chi connectivity index (χ1n) is 22.3. The van der Waals surface area contributed by atoms with Crippen molar-refractivity contribution < 1.29 is 48.0 Å². The number of carbonyl (C=O) groups is 5. The van der Waals surface area contributed by atoms with Crippen LogP contribution in [0.1, 0.15) is 65.4 Å². The fraction of sp³-hybridized carbons (Fsp3) is 0.278. The summed E-state index contributed by atoms with van der Waals surface area (Å²) in [5, 5.41) is 15.4. The number of imide groups is 1. The molecule has 0 bridgehead atoms. The fourth-order valence-electron chi connectivity index (χ4n) is 9.85. The fourth-order valence-corrected chi connectivity index (χ4v) is 9.85. The topological polar surface area (TPSA) is 173 Å². The highest BCUT2D eigenvalue weighted by atomic mass is 16.6. The Morgan fingerprint density at radius 3 is 2.13 bits per heavy atom. The van der Waals surface area contributed by atoms with E-state index in [9.17, 15) is 14.7 Å². The van der Waals surface area contributed by atoms with E-state index in [0.29, 0.717) is 33.8 Å². The van der Waals surface area contributed by atoms with Gasteiger partial charge in [0.2, 0.25) is 11.8 Å². The van der Waals surface area contributed by atoms with Crippen molar-refractivity contribution in [3.05, 3.63) is 173 Å². The van der Waals surface area contributed by atoms with E-state index in [1.54, 1.807) is 87.7 Å². The molecule has 2 saturated heterocycles. The van der Waals surface area contributed by atoms with Crippen LogP contribution in [0.15, 0.2) is 140 Å². The maximum Gasteiger partial charge on any atom is 0.329 e. The number of aliphatic hydroxyl groups excluding tert-OH is 1. The third-order valence-corrected chi connectivity index (χ3v) is 12.7. The Labute approximate surface area is 394 Å². The molecule has 4 amide bonds. The van der Waals surface area contributed by atoms with Gasteiger partial charge in [-0.3, -0.25) is 19.3 Å². The van der Waals surface area contributed by atoms with Crippen LogP contribution in [-0.4, -0.2) is 85.9 Å². The molecule has 3 aliphatic rings. The SMILES string of the molecule is C=CCNC(=O)[C@@H]1[C@H]2C(=O)O[C@H](c3ccccc3)[C@H](c3ccccc3)N2[C@H](c2cccc(OCCO)c2)[C@@]12C(=O)N(C(=O)N[C@H](C(=O)OC)C(C)C)c1ccc(C#Cc3ccc(OC)cc3)cc12. The van der Waals surface area contributed by atoms with Gasteiger partial charge < -0.3 is 34.7 Å². The molecule has 0 radical (unpaired) electrons. The highest BCUT2D eigenvalue weighted by Gasteiger charge is 2.75. The van der Waals surface area contributed by atoms with Crippen molar-refractivity contribution in [2.75, 3.05) is 38.9 Å². The van der Waals surface area contributed by atoms with Crippen molar-refractivity contribution in [1.82, 2.24) is 15.5 Å². The molecule has 1 spiro atoms. The number of anilines is 1. The summed E-state index contributed by atoms with van der Waals surface area (Å²) in [7, 11) is 2.78. The first kappa shape index (κ1) is 46.8. The number of aliphatic hydroxyl groups is 1. The van der Waals surface area contributed by atoms with Gasteiger partial charge in [-0.2, -0.15) is 0 Å². The molecular formula is C54H52N4O10. The number of nitrogens with zero attached hydrogens (tertiary/aromatic N) is 2. The Hall–Kier alpha value is -7.73. The quantitative estimate of drug-likeness (QED) is 0.0684. The Morgan fingerprint density at radius 1 is 0.824 bits per heavy atom. The third-order valence-electron chi connectivity index (χ3n) is 12.7. The number of fused-ring (bicyclic) bond motifs is 3. The molecule has 0 unspecified atom stereocenters. The molecule has 7 atom stereocenters. The number of ether oxygens (including phenoxy) is 4. The minimum absolute atomic E-state index is 0.0229. The second-order valence-corrected chi connectivity index (χ2v) is 17.0. The number of esters is 2. The van der Waals surface area contributed by atoms with Crippen molar-refractivity contribution in [1.29, 1.82) is 0 Å². The lowest BCUT2D eigenvalue weighted by molar-refractivity contribution is -0.178. The Balaban J connectivity index is 1.46. The van der Waals surface area contributed by atoms with Gasteiger partial charge in [0.1, 0.15) is 41.7 Å². The number of hydrogen-bond donors (Lipinski definition) is 3. The van der Waals surface area contributed by atoms with E-state index in [0.717, 1.165) is 10.5 Å². The summed E-state index contributed by atoms with van der Waals surface area (Å²) in [5.41, 5.74) is 1.17. The van der Waals surface area contributed by atoms with Crippen LogP contribution in [0.2, 0.25) is 0 Å². The smallest absolute Gasteiger partial charge is 0.329 e. The second kappa shape index (κ2) is 20.0. The predicted octanol–water partition coefficient (Wildman–Crippen LogP) is 6.34. The summed E-state index contributed by atoms with van der Waals surface area (Å²) in [4.78, 5) is 78.2. The van der Waals surface area contributed by atoms with Gasteiger partial charge in [0.05, 0.1) is 44.5 Å². The molecule has 3 heterocycles. The van der Waals surface area contributed by atoms with Crippen LogP contribution in [0, 0.1) is 23.7 Å². The minimum Gasteiger partial charge on any atom is -0.497 e. The lowest BCUT2D eigenvalue weighted by Gasteiger charge is -2.46. The Kier molecular flexibility index (Phi) is 13.8. The second-order valence-electron chi connectivity index (χ2n) is 17.0. The number of cyclic esters (lactones) is 1. The van der Waals surface area contributed by atoms with Crippen LogP contribution in [0.5, 0.6) is 11.5 Å². The van der Waals surface area contributed by atoms with Gasteiger partial charge >= 0.3 is 18.0 Å². The first-order chi connectivity index (χ1) is 33.0. The van der Waals surface area contributed by atoms with E-state index in [-0.39, 0.29) is 31.0 Å². The zero-order valence-corrected chi connectivity index (χ0v) is 38.1. The monoisotopic (exact) mass is 916 g/mol. The van der Waals surface area contributed by atoms with Crippen LogP contribution in [0.25, 0.3) is 0 Å². The molecule has 0 saturated carbocycles. The van der Waals surface area contributed by atoms with E-state index >= 15 is 14.4 Å². The van der Waals surface area contributed by atoms with Crippen LogP contribution in [-0.2, 0) is 34.1 Å². The average Bonchev–Trinajstić information content (AvgIpc) is 3.82. The number of morpholine rings is 1. The standard InChI is InChI=1S/C54H52N4O10/c1-6-28-55-49(60)43-46-51(62)68-47(37-16-11-8-12-17-37)45(36-14-9-7-10-15-36)58(46)48(38-18-13-19-40(32-38)67-30-29-59)54(43)41-31-35(21-20-34-22-25-39(65-4)26-23-34)24-27-42(41)57(52(54)63)53(64)56-44(33(2)3)50(61)66-5/h6-19,22-27,31-33,43-48,59H,1,28-30H2,2-5H3,(H,55,60)(H,56,64)/t43-,44-,45-,46-,47+,48+,54-/m0/s1. The van der Waals surface area contributed by atoms with Crippen molar-refractivity contribution in [2.24, 2.45) is 11.8 Å². The van der Waals surface area contributed by atoms with Gasteiger partial charge in [-0.25, -0.2) is 14.5 Å². The number of benzene rings is 5. The van der Waals surface area contributed by atoms with Crippen molar-refractivity contribution in [2.45, 2.75) is 49.5 Å². The van der Waals surface area contributed by atoms with Gasteiger partial charge in [-0.05, 0) is 82.8 Å². The lowest BCUT2D eigenvalue weighted by Crippen LogP contribution is -2.57. The van der Waals surface area contributed by atoms with E-state index in [1.165, 1.54) is 13.2 Å². The number of hydrogen-bond acceptors (Lipinski definition) is 11. The maximum atomic E-state index is 16.5. The summed E-state index contributed by atoms with van der Waals surface area (Å²) in [6.07, 6.45) is 0.541. The van der Waals surface area contributed by atoms with Crippen LogP contribution in [0.4, 0.5) is 10.5 Å². The molecule has 0 aliphatic carbocycles. The number of amides is 4. The van der Waals surface area contributed by atoms with Crippen LogP contribution in [0.3, 0.4) is 0 Å². The van der Waals surface area contributed by atoms with Crippen molar-refractivity contribution in [3.63, 3.8) is 0 Å². The van der Waals surface area contributed by atoms with E-state index in [2.05, 4.69) is 29.1 Å². The molecule has 0 aromatic heterocycles. The molecule has 5 aromatic rings. The normalized spacial score (nSPS) is 22.0. The average molecular weight is 917 g/mol. The largest absolute Gasteiger partial charge is 0.497 e. The molecule has 3 N–H and O–H groups in total. The van der Waals surface area contributed by atoms with Crippen molar-refractivity contribution in [3.8, 4) is 23.3 Å². The number of urea groups is 1. The molecule has 14 nitrogen and oxygen atoms in total. The predicted molar refractivity (Wildman–Crippen MR) is 252 cm³/mol. The molecule has 8 rings (SSSR count). The molecule has 14 heteroatoms. The molecule has 2 fully saturated rings. The summed E-state index contributed by atoms with van der Waals surface area (Å²) < 4.78 is 22.9. The zero-order valence-electron chi connectivity index (χ0n) is 38.1. The molecule has 348 valence electrons.